The Kier molecular flexibility index (Phi) is 4.33. The molecule has 0 saturated carbocycles. The number of aryl methyl sites for hydroxylation is 2. The highest BCUT2D eigenvalue weighted by atomic mass is 15.3. The average molecular weight is 260 g/mol. The summed E-state index contributed by atoms with van der Waals surface area (Å²) in [5, 5.41) is 10.8. The van der Waals surface area contributed by atoms with Crippen LogP contribution in [0.15, 0.2) is 18.5 Å². The molecule has 0 fully saturated rings. The second-order valence-electron chi connectivity index (χ2n) is 4.46. The summed E-state index contributed by atoms with van der Waals surface area (Å²) in [6.07, 6.45) is 4.82. The van der Waals surface area contributed by atoms with Crippen LogP contribution in [-0.2, 0) is 13.6 Å². The van der Waals surface area contributed by atoms with Gasteiger partial charge in [-0.2, -0.15) is 10.1 Å². The first kappa shape index (κ1) is 13.3. The normalized spacial score (nSPS) is 10.5. The Morgan fingerprint density at radius 2 is 2.16 bits per heavy atom. The van der Waals surface area contributed by atoms with Gasteiger partial charge in [-0.15, -0.1) is 0 Å². The maximum absolute atomic E-state index is 4.40. The van der Waals surface area contributed by atoms with Crippen molar-refractivity contribution < 1.29 is 0 Å². The third-order valence-corrected chi connectivity index (χ3v) is 2.76. The molecule has 0 aromatic carbocycles. The smallest absolute Gasteiger partial charge is 0.224 e. The highest BCUT2D eigenvalue weighted by Crippen LogP contribution is 2.10. The van der Waals surface area contributed by atoms with E-state index in [1.54, 1.807) is 6.20 Å². The predicted molar refractivity (Wildman–Crippen MR) is 76.1 cm³/mol. The zero-order valence-corrected chi connectivity index (χ0v) is 11.6. The van der Waals surface area contributed by atoms with E-state index in [2.05, 4.69) is 32.6 Å². The largest absolute Gasteiger partial charge is 0.366 e. The fourth-order valence-electron chi connectivity index (χ4n) is 1.79. The van der Waals surface area contributed by atoms with Crippen LogP contribution in [0.2, 0.25) is 0 Å². The van der Waals surface area contributed by atoms with Gasteiger partial charge in [-0.05, 0) is 19.4 Å². The molecular weight excluding hydrogens is 240 g/mol. The molecule has 0 spiro atoms. The van der Waals surface area contributed by atoms with Gasteiger partial charge in [0.1, 0.15) is 5.82 Å². The number of hydrogen-bond acceptors (Lipinski definition) is 5. The van der Waals surface area contributed by atoms with Crippen molar-refractivity contribution in [3.05, 3.63) is 29.7 Å². The van der Waals surface area contributed by atoms with E-state index in [4.69, 9.17) is 0 Å². The van der Waals surface area contributed by atoms with Gasteiger partial charge in [0, 0.05) is 38.1 Å². The molecule has 0 aliphatic rings. The summed E-state index contributed by atoms with van der Waals surface area (Å²) in [6, 6.07) is 1.86. The molecule has 0 amide bonds. The van der Waals surface area contributed by atoms with Crippen molar-refractivity contribution in [2.75, 3.05) is 17.2 Å². The molecule has 0 unspecified atom stereocenters. The number of nitrogens with one attached hydrogen (secondary N) is 2. The fourth-order valence-corrected chi connectivity index (χ4v) is 1.79. The zero-order valence-electron chi connectivity index (χ0n) is 11.6. The van der Waals surface area contributed by atoms with Gasteiger partial charge < -0.3 is 10.6 Å². The number of anilines is 2. The summed E-state index contributed by atoms with van der Waals surface area (Å²) in [6.45, 7) is 5.71. The Balaban J connectivity index is 1.97. The van der Waals surface area contributed by atoms with Gasteiger partial charge >= 0.3 is 0 Å². The lowest BCUT2D eigenvalue weighted by Gasteiger charge is -2.07. The van der Waals surface area contributed by atoms with Crippen LogP contribution in [0, 0.1) is 6.92 Å². The van der Waals surface area contributed by atoms with Crippen LogP contribution in [0.4, 0.5) is 11.8 Å². The summed E-state index contributed by atoms with van der Waals surface area (Å²) >= 11 is 0. The molecule has 6 nitrogen and oxygen atoms in total. The van der Waals surface area contributed by atoms with Crippen molar-refractivity contribution in [3.8, 4) is 0 Å². The van der Waals surface area contributed by atoms with E-state index in [-0.39, 0.29) is 0 Å². The predicted octanol–water partition coefficient (Wildman–Crippen LogP) is 1.95. The van der Waals surface area contributed by atoms with Gasteiger partial charge in [-0.3, -0.25) is 4.68 Å². The van der Waals surface area contributed by atoms with Crippen molar-refractivity contribution in [1.82, 2.24) is 19.7 Å². The number of aromatic nitrogens is 4. The van der Waals surface area contributed by atoms with E-state index < -0.39 is 0 Å². The molecule has 0 atom stereocenters. The highest BCUT2D eigenvalue weighted by molar-refractivity contribution is 5.40. The van der Waals surface area contributed by atoms with Crippen molar-refractivity contribution in [1.29, 1.82) is 0 Å². The first-order chi connectivity index (χ1) is 9.19. The van der Waals surface area contributed by atoms with E-state index in [0.29, 0.717) is 12.5 Å². The van der Waals surface area contributed by atoms with Crippen LogP contribution >= 0.6 is 0 Å². The van der Waals surface area contributed by atoms with Gasteiger partial charge in [0.15, 0.2) is 0 Å². The van der Waals surface area contributed by atoms with Gasteiger partial charge in [0.05, 0.1) is 5.69 Å². The maximum atomic E-state index is 4.40. The topological polar surface area (TPSA) is 67.7 Å². The Hall–Kier alpha value is -2.11. The quantitative estimate of drug-likeness (QED) is 0.831. The van der Waals surface area contributed by atoms with E-state index >= 15 is 0 Å². The molecule has 0 aliphatic carbocycles. The molecule has 0 saturated heterocycles. The average Bonchev–Trinajstić information content (AvgIpc) is 2.73. The van der Waals surface area contributed by atoms with E-state index in [0.717, 1.165) is 24.5 Å². The molecule has 0 aliphatic heterocycles. The van der Waals surface area contributed by atoms with Crippen LogP contribution in [0.25, 0.3) is 0 Å². The van der Waals surface area contributed by atoms with Gasteiger partial charge in [-0.1, -0.05) is 6.92 Å². The lowest BCUT2D eigenvalue weighted by molar-refractivity contribution is 0.756. The van der Waals surface area contributed by atoms with Crippen LogP contribution in [0.1, 0.15) is 24.6 Å². The number of nitrogens with zero attached hydrogens (tertiary/aromatic N) is 4. The molecular formula is C13H20N6. The molecule has 102 valence electrons. The summed E-state index contributed by atoms with van der Waals surface area (Å²) < 4.78 is 1.82. The van der Waals surface area contributed by atoms with Gasteiger partial charge in [0.25, 0.3) is 0 Å². The molecule has 2 rings (SSSR count). The summed E-state index contributed by atoms with van der Waals surface area (Å²) in [4.78, 5) is 8.58. The molecule has 2 heterocycles. The van der Waals surface area contributed by atoms with Crippen molar-refractivity contribution >= 4 is 11.8 Å². The van der Waals surface area contributed by atoms with Crippen molar-refractivity contribution in [2.24, 2.45) is 7.05 Å². The third kappa shape index (κ3) is 3.67. The van der Waals surface area contributed by atoms with Crippen LogP contribution in [-0.4, -0.2) is 26.3 Å². The van der Waals surface area contributed by atoms with Gasteiger partial charge in [0.2, 0.25) is 5.95 Å². The molecule has 2 aromatic rings. The number of hydrogen-bond donors (Lipinski definition) is 2. The highest BCUT2D eigenvalue weighted by Gasteiger charge is 2.03. The standard InChI is InChI=1S/C13H20N6/c1-4-6-14-13-15-7-5-12(17-13)16-8-11-9-19(3)18-10(11)2/h5,7,9H,4,6,8H2,1-3H3,(H2,14,15,16,17). The second-order valence-corrected chi connectivity index (χ2v) is 4.46. The van der Waals surface area contributed by atoms with E-state index in [1.807, 2.05) is 30.9 Å². The van der Waals surface area contributed by atoms with Crippen molar-refractivity contribution in [2.45, 2.75) is 26.8 Å². The lowest BCUT2D eigenvalue weighted by Crippen LogP contribution is -2.07. The number of rotatable bonds is 6. The summed E-state index contributed by atoms with van der Waals surface area (Å²) in [5.74, 6) is 1.48. The summed E-state index contributed by atoms with van der Waals surface area (Å²) in [5.41, 5.74) is 2.21. The first-order valence-corrected chi connectivity index (χ1v) is 6.49. The summed E-state index contributed by atoms with van der Waals surface area (Å²) in [7, 11) is 1.92. The van der Waals surface area contributed by atoms with Crippen LogP contribution in [0.3, 0.4) is 0 Å². The SMILES string of the molecule is CCCNc1nccc(NCc2cn(C)nc2C)n1. The Morgan fingerprint density at radius 3 is 2.84 bits per heavy atom. The Labute approximate surface area is 113 Å². The van der Waals surface area contributed by atoms with Crippen molar-refractivity contribution in [3.63, 3.8) is 0 Å². The molecule has 0 radical (unpaired) electrons. The monoisotopic (exact) mass is 260 g/mol. The minimum absolute atomic E-state index is 0.662. The van der Waals surface area contributed by atoms with Crippen LogP contribution in [0.5, 0.6) is 0 Å². The Bertz CT molecular complexity index is 534. The minimum Gasteiger partial charge on any atom is -0.366 e. The molecule has 2 N–H and O–H groups in total. The lowest BCUT2D eigenvalue weighted by atomic mass is 10.2. The minimum atomic E-state index is 0.662. The van der Waals surface area contributed by atoms with Gasteiger partial charge in [-0.25, -0.2) is 4.98 Å². The molecule has 6 heteroatoms. The molecule has 0 bridgehead atoms. The fraction of sp³-hybridized carbons (Fsp3) is 0.462. The second kappa shape index (κ2) is 6.17. The van der Waals surface area contributed by atoms with E-state index in [9.17, 15) is 0 Å². The first-order valence-electron chi connectivity index (χ1n) is 6.49. The third-order valence-electron chi connectivity index (χ3n) is 2.76. The molecule has 2 aromatic heterocycles. The zero-order chi connectivity index (χ0) is 13.7. The van der Waals surface area contributed by atoms with E-state index in [1.165, 1.54) is 5.56 Å². The maximum Gasteiger partial charge on any atom is 0.224 e. The Morgan fingerprint density at radius 1 is 1.32 bits per heavy atom. The van der Waals surface area contributed by atoms with Crippen LogP contribution < -0.4 is 10.6 Å². The molecule has 19 heavy (non-hydrogen) atoms.